The summed E-state index contributed by atoms with van der Waals surface area (Å²) >= 11 is 0. The van der Waals surface area contributed by atoms with E-state index in [0.29, 0.717) is 37.5 Å². The van der Waals surface area contributed by atoms with Gasteiger partial charge in [-0.05, 0) is 61.3 Å². The molecule has 212 valence electrons. The molecule has 1 aromatic heterocycles. The van der Waals surface area contributed by atoms with Crippen LogP contribution in [0.15, 0.2) is 48.7 Å². The van der Waals surface area contributed by atoms with Crippen molar-refractivity contribution in [1.29, 1.82) is 0 Å². The van der Waals surface area contributed by atoms with Crippen LogP contribution in [0, 0.1) is 11.3 Å². The zero-order valence-corrected chi connectivity index (χ0v) is 23.4. The number of pyridine rings is 1. The van der Waals surface area contributed by atoms with Crippen LogP contribution < -0.4 is 0 Å². The molecule has 0 spiro atoms. The van der Waals surface area contributed by atoms with Crippen LogP contribution in [0.3, 0.4) is 0 Å². The van der Waals surface area contributed by atoms with Gasteiger partial charge in [0.2, 0.25) is 5.91 Å². The van der Waals surface area contributed by atoms with Gasteiger partial charge in [-0.1, -0.05) is 57.2 Å². The van der Waals surface area contributed by atoms with E-state index in [1.165, 1.54) is 12.3 Å². The predicted octanol–water partition coefficient (Wildman–Crippen LogP) is 4.96. The van der Waals surface area contributed by atoms with Gasteiger partial charge in [0, 0.05) is 38.3 Å². The summed E-state index contributed by atoms with van der Waals surface area (Å²) in [7, 11) is -0.461. The number of halogens is 3. The second-order valence-electron chi connectivity index (χ2n) is 12.1. The van der Waals surface area contributed by atoms with E-state index in [4.69, 9.17) is 0 Å². The van der Waals surface area contributed by atoms with E-state index < -0.39 is 18.9 Å². The highest BCUT2D eigenvalue weighted by Gasteiger charge is 2.41. The molecule has 2 aromatic rings. The zero-order chi connectivity index (χ0) is 28.4. The highest BCUT2D eigenvalue weighted by atomic mass is 19.4. The minimum Gasteiger partial charge on any atom is -0.437 e. The second-order valence-corrected chi connectivity index (χ2v) is 12.1. The smallest absolute Gasteiger partial charge is 0.433 e. The Balaban J connectivity index is 1.54. The Labute approximate surface area is 230 Å². The number of alkyl halides is 3. The van der Waals surface area contributed by atoms with E-state index in [0.717, 1.165) is 37.6 Å². The van der Waals surface area contributed by atoms with Crippen LogP contribution in [-0.2, 0) is 11.0 Å². The van der Waals surface area contributed by atoms with Crippen LogP contribution >= 0.6 is 0 Å². The van der Waals surface area contributed by atoms with E-state index in [1.807, 2.05) is 40.0 Å². The van der Waals surface area contributed by atoms with Gasteiger partial charge in [-0.15, -0.1) is 0 Å². The van der Waals surface area contributed by atoms with E-state index in [1.54, 1.807) is 6.82 Å². The molecule has 1 N–H and O–H groups in total. The molecule has 1 unspecified atom stereocenters. The Hall–Kier alpha value is -2.43. The van der Waals surface area contributed by atoms with Crippen molar-refractivity contribution in [2.45, 2.75) is 65.1 Å². The lowest BCUT2D eigenvalue weighted by atomic mass is 9.80. The molecule has 3 heterocycles. The number of piperidine rings is 1. The van der Waals surface area contributed by atoms with Crippen molar-refractivity contribution in [1.82, 2.24) is 19.6 Å². The highest BCUT2D eigenvalue weighted by Crippen LogP contribution is 2.36. The largest absolute Gasteiger partial charge is 0.437 e. The number of benzene rings is 1. The quantitative estimate of drug-likeness (QED) is 0.521. The standard InChI is InChI=1S/C29H40BF3N4O2/c1-28(2,3)25-20-35(16-17-37(25)26(38)18-21-12-14-36(15-13-21)30(4)39)27(22-8-6-5-7-9-22)23-10-11-24(34-19-23)29(31,32)33/h5-11,19,21,25,27,39H,12-18,20H2,1-4H3/t25-,27?/m1/s1. The molecule has 0 aliphatic carbocycles. The maximum Gasteiger partial charge on any atom is 0.433 e. The maximum atomic E-state index is 13.6. The van der Waals surface area contributed by atoms with Gasteiger partial charge in [-0.25, -0.2) is 0 Å². The topological polar surface area (TPSA) is 59.9 Å². The van der Waals surface area contributed by atoms with Crippen molar-refractivity contribution in [3.8, 4) is 0 Å². The molecule has 6 nitrogen and oxygen atoms in total. The Morgan fingerprint density at radius 1 is 1.03 bits per heavy atom. The average Bonchev–Trinajstić information content (AvgIpc) is 2.89. The van der Waals surface area contributed by atoms with Crippen LogP contribution in [0.5, 0.6) is 0 Å². The number of rotatable bonds is 6. The monoisotopic (exact) mass is 544 g/mol. The first-order valence-corrected chi connectivity index (χ1v) is 13.9. The van der Waals surface area contributed by atoms with Gasteiger partial charge in [-0.2, -0.15) is 13.2 Å². The predicted molar refractivity (Wildman–Crippen MR) is 147 cm³/mol. The zero-order valence-electron chi connectivity index (χ0n) is 23.4. The molecular weight excluding hydrogens is 504 g/mol. The maximum absolute atomic E-state index is 13.6. The van der Waals surface area contributed by atoms with E-state index in [2.05, 4.69) is 30.7 Å². The van der Waals surface area contributed by atoms with Crippen LogP contribution in [0.4, 0.5) is 13.2 Å². The number of hydrogen-bond acceptors (Lipinski definition) is 5. The summed E-state index contributed by atoms with van der Waals surface area (Å²) in [6, 6.07) is 12.0. The van der Waals surface area contributed by atoms with Gasteiger partial charge < -0.3 is 14.7 Å². The lowest BCUT2D eigenvalue weighted by Gasteiger charge is -2.49. The van der Waals surface area contributed by atoms with Crippen molar-refractivity contribution in [2.75, 3.05) is 32.7 Å². The number of aromatic nitrogens is 1. The third kappa shape index (κ3) is 7.21. The number of piperazine rings is 1. The Kier molecular flexibility index (Phi) is 9.08. The van der Waals surface area contributed by atoms with Crippen LogP contribution in [0.2, 0.25) is 6.82 Å². The molecule has 1 aromatic carbocycles. The molecule has 2 atom stereocenters. The first-order valence-electron chi connectivity index (χ1n) is 13.9. The van der Waals surface area contributed by atoms with E-state index in [9.17, 15) is 23.0 Å². The SMILES string of the molecule is CB(O)N1CCC(CC(=O)N2CCN(C(c3ccccc3)c3ccc(C(F)(F)F)nc3)C[C@@H]2C(C)(C)C)CC1. The third-order valence-corrected chi connectivity index (χ3v) is 8.25. The van der Waals surface area contributed by atoms with Crippen LogP contribution in [0.25, 0.3) is 0 Å². The fourth-order valence-corrected chi connectivity index (χ4v) is 5.96. The number of hydrogen-bond donors (Lipinski definition) is 1. The van der Waals surface area contributed by atoms with Crippen molar-refractivity contribution < 1.29 is 23.0 Å². The molecule has 0 saturated carbocycles. The molecule has 2 fully saturated rings. The summed E-state index contributed by atoms with van der Waals surface area (Å²) in [5, 5.41) is 9.85. The van der Waals surface area contributed by atoms with E-state index in [-0.39, 0.29) is 23.4 Å². The fourth-order valence-electron chi connectivity index (χ4n) is 5.96. The molecular formula is C29H40BF3N4O2. The van der Waals surface area contributed by atoms with Gasteiger partial charge in [-0.3, -0.25) is 14.7 Å². The lowest BCUT2D eigenvalue weighted by Crippen LogP contribution is -2.60. The molecule has 4 rings (SSSR count). The summed E-state index contributed by atoms with van der Waals surface area (Å²) < 4.78 is 39.6. The van der Waals surface area contributed by atoms with Gasteiger partial charge in [0.05, 0.1) is 6.04 Å². The minimum absolute atomic E-state index is 0.0510. The molecule has 0 radical (unpaired) electrons. The summed E-state index contributed by atoms with van der Waals surface area (Å²) in [4.78, 5) is 23.7. The van der Waals surface area contributed by atoms with Crippen molar-refractivity contribution >= 4 is 13.0 Å². The van der Waals surface area contributed by atoms with Gasteiger partial charge in [0.15, 0.2) is 0 Å². The summed E-state index contributed by atoms with van der Waals surface area (Å²) in [5.41, 5.74) is 0.590. The third-order valence-electron chi connectivity index (χ3n) is 8.25. The Morgan fingerprint density at radius 2 is 1.69 bits per heavy atom. The summed E-state index contributed by atoms with van der Waals surface area (Å²) in [6.07, 6.45) is -0.854. The molecule has 2 aliphatic heterocycles. The van der Waals surface area contributed by atoms with Gasteiger partial charge in [0.25, 0.3) is 0 Å². The molecule has 0 bridgehead atoms. The summed E-state index contributed by atoms with van der Waals surface area (Å²) in [6.45, 7) is 11.6. The molecule has 1 amide bonds. The second kappa shape index (κ2) is 12.0. The first-order chi connectivity index (χ1) is 18.3. The number of carbonyl (C=O) groups excluding carboxylic acids is 1. The van der Waals surface area contributed by atoms with Gasteiger partial charge >= 0.3 is 13.2 Å². The number of carbonyl (C=O) groups is 1. The molecule has 39 heavy (non-hydrogen) atoms. The number of nitrogens with zero attached hydrogens (tertiary/aromatic N) is 4. The van der Waals surface area contributed by atoms with Crippen molar-refractivity contribution in [3.05, 3.63) is 65.5 Å². The number of amides is 1. The first kappa shape index (κ1) is 29.6. The van der Waals surface area contributed by atoms with Crippen LogP contribution in [-0.4, -0.2) is 76.3 Å². The minimum atomic E-state index is -4.49. The van der Waals surface area contributed by atoms with Crippen molar-refractivity contribution in [3.63, 3.8) is 0 Å². The van der Waals surface area contributed by atoms with Crippen molar-refractivity contribution in [2.24, 2.45) is 11.3 Å². The average molecular weight is 544 g/mol. The summed E-state index contributed by atoms with van der Waals surface area (Å²) in [5.74, 6) is 0.471. The Bertz CT molecular complexity index is 1080. The lowest BCUT2D eigenvalue weighted by molar-refractivity contribution is -0.141. The Morgan fingerprint density at radius 3 is 2.23 bits per heavy atom. The van der Waals surface area contributed by atoms with E-state index >= 15 is 0 Å². The molecule has 2 saturated heterocycles. The van der Waals surface area contributed by atoms with Gasteiger partial charge in [0.1, 0.15) is 5.69 Å². The van der Waals surface area contributed by atoms with Crippen LogP contribution in [0.1, 0.15) is 62.9 Å². The highest BCUT2D eigenvalue weighted by molar-refractivity contribution is 6.45. The fraction of sp³-hybridized carbons (Fsp3) is 0.586. The molecule has 2 aliphatic rings. The normalized spacial score (nSPS) is 21.1. The molecule has 10 heteroatoms.